The van der Waals surface area contributed by atoms with E-state index in [0.717, 1.165) is 44.3 Å². The number of benzene rings is 1. The molecule has 0 bridgehead atoms. The maximum atomic E-state index is 12.9. The second kappa shape index (κ2) is 9.05. The molecule has 1 unspecified atom stereocenters. The maximum Gasteiger partial charge on any atom is 0.251 e. The SMILES string of the molecule is COc1ccc(C(=O)N[C@H]2CC[C@]3(C)CCC([C@H](C)C(=O)NC4CC4)[C@H](O)[C@H]3[C@@H]2C)cc1. The number of carbonyl (C=O) groups excluding carboxylic acids is 2. The summed E-state index contributed by atoms with van der Waals surface area (Å²) in [5, 5.41) is 17.8. The third-order valence-corrected chi connectivity index (χ3v) is 8.54. The summed E-state index contributed by atoms with van der Waals surface area (Å²) in [5.41, 5.74) is 0.655. The lowest BCUT2D eigenvalue weighted by atomic mass is 9.51. The minimum atomic E-state index is -0.538. The van der Waals surface area contributed by atoms with Crippen molar-refractivity contribution in [1.29, 1.82) is 0 Å². The largest absolute Gasteiger partial charge is 0.497 e. The number of hydrogen-bond acceptors (Lipinski definition) is 4. The van der Waals surface area contributed by atoms with Gasteiger partial charge in [0.2, 0.25) is 5.91 Å². The minimum Gasteiger partial charge on any atom is -0.497 e. The van der Waals surface area contributed by atoms with E-state index in [1.165, 1.54) is 0 Å². The first-order valence-corrected chi connectivity index (χ1v) is 12.2. The highest BCUT2D eigenvalue weighted by molar-refractivity contribution is 5.94. The van der Waals surface area contributed by atoms with Crippen LogP contribution in [0.15, 0.2) is 24.3 Å². The first-order chi connectivity index (χ1) is 15.2. The van der Waals surface area contributed by atoms with Crippen molar-refractivity contribution < 1.29 is 19.4 Å². The van der Waals surface area contributed by atoms with Crippen molar-refractivity contribution >= 4 is 11.8 Å². The standard InChI is InChI=1S/C26H38N2O4/c1-15(24(30)27-18-7-8-18)20-11-13-26(3)14-12-21(16(2)22(26)23(20)29)28-25(31)17-5-9-19(32-4)10-6-17/h5-6,9-10,15-16,18,20-23,29H,7-8,11-14H2,1-4H3,(H,27,30)(H,28,31)/t15-,16+,20?,21-,22+,23-,26-/m0/s1. The predicted molar refractivity (Wildman–Crippen MR) is 123 cm³/mol. The monoisotopic (exact) mass is 442 g/mol. The van der Waals surface area contributed by atoms with Gasteiger partial charge in [0.05, 0.1) is 13.2 Å². The van der Waals surface area contributed by atoms with Crippen LogP contribution in [-0.2, 0) is 4.79 Å². The molecular weight excluding hydrogens is 404 g/mol. The first-order valence-electron chi connectivity index (χ1n) is 12.2. The van der Waals surface area contributed by atoms with Gasteiger partial charge in [0.15, 0.2) is 0 Å². The van der Waals surface area contributed by atoms with Gasteiger partial charge in [-0.2, -0.15) is 0 Å². The highest BCUT2D eigenvalue weighted by Gasteiger charge is 2.54. The Kier molecular flexibility index (Phi) is 6.53. The van der Waals surface area contributed by atoms with Crippen molar-refractivity contribution in [2.75, 3.05) is 7.11 Å². The van der Waals surface area contributed by atoms with E-state index in [0.29, 0.717) is 11.6 Å². The first kappa shape index (κ1) is 23.1. The molecule has 6 heteroatoms. The number of hydrogen-bond donors (Lipinski definition) is 3. The van der Waals surface area contributed by atoms with Gasteiger partial charge in [-0.3, -0.25) is 9.59 Å². The van der Waals surface area contributed by atoms with Crippen molar-refractivity contribution in [2.24, 2.45) is 29.1 Å². The number of aliphatic hydroxyl groups is 1. The number of fused-ring (bicyclic) bond motifs is 1. The molecule has 1 aromatic carbocycles. The molecule has 176 valence electrons. The fourth-order valence-corrected chi connectivity index (χ4v) is 6.25. The molecule has 3 N–H and O–H groups in total. The second-order valence-electron chi connectivity index (χ2n) is 10.7. The third-order valence-electron chi connectivity index (χ3n) is 8.54. The Morgan fingerprint density at radius 2 is 1.75 bits per heavy atom. The molecule has 3 aliphatic rings. The average molecular weight is 443 g/mol. The van der Waals surface area contributed by atoms with Crippen molar-refractivity contribution in [1.82, 2.24) is 10.6 Å². The molecule has 6 nitrogen and oxygen atoms in total. The van der Waals surface area contributed by atoms with Gasteiger partial charge in [0.25, 0.3) is 5.91 Å². The van der Waals surface area contributed by atoms with Crippen LogP contribution in [0.25, 0.3) is 0 Å². The fraction of sp³-hybridized carbons (Fsp3) is 0.692. The van der Waals surface area contributed by atoms with Crippen LogP contribution in [0.5, 0.6) is 5.75 Å². The molecule has 4 rings (SSSR count). The molecule has 2 amide bonds. The van der Waals surface area contributed by atoms with Crippen LogP contribution in [-0.4, -0.2) is 42.2 Å². The molecular formula is C26H38N2O4. The Labute approximate surface area is 191 Å². The summed E-state index contributed by atoms with van der Waals surface area (Å²) in [7, 11) is 1.61. The van der Waals surface area contributed by atoms with Crippen LogP contribution in [0.1, 0.15) is 69.7 Å². The lowest BCUT2D eigenvalue weighted by Crippen LogP contribution is -2.58. The minimum absolute atomic E-state index is 0.00618. The van der Waals surface area contributed by atoms with E-state index >= 15 is 0 Å². The normalized spacial score (nSPS) is 35.3. The molecule has 3 saturated carbocycles. The lowest BCUT2D eigenvalue weighted by Gasteiger charge is -2.56. The smallest absolute Gasteiger partial charge is 0.251 e. The number of methoxy groups -OCH3 is 1. The number of aliphatic hydroxyl groups excluding tert-OH is 1. The fourth-order valence-electron chi connectivity index (χ4n) is 6.25. The molecule has 0 spiro atoms. The summed E-state index contributed by atoms with van der Waals surface area (Å²) in [6, 6.07) is 7.47. The number of nitrogens with one attached hydrogen (secondary N) is 2. The van der Waals surface area contributed by atoms with E-state index in [2.05, 4.69) is 24.5 Å². The molecule has 0 aromatic heterocycles. The van der Waals surface area contributed by atoms with Crippen LogP contribution in [0.2, 0.25) is 0 Å². The maximum absolute atomic E-state index is 12.9. The molecule has 3 fully saturated rings. The average Bonchev–Trinajstić information content (AvgIpc) is 3.59. The Hall–Kier alpha value is -2.08. The van der Waals surface area contributed by atoms with E-state index in [1.807, 2.05) is 6.92 Å². The molecule has 0 aliphatic heterocycles. The zero-order chi connectivity index (χ0) is 23.0. The van der Waals surface area contributed by atoms with Gasteiger partial charge in [-0.15, -0.1) is 0 Å². The second-order valence-corrected chi connectivity index (χ2v) is 10.7. The topological polar surface area (TPSA) is 87.7 Å². The quantitative estimate of drug-likeness (QED) is 0.629. The molecule has 0 saturated heterocycles. The Balaban J connectivity index is 1.45. The van der Waals surface area contributed by atoms with Crippen molar-refractivity contribution in [2.45, 2.75) is 77.5 Å². The van der Waals surface area contributed by atoms with Crippen LogP contribution < -0.4 is 15.4 Å². The molecule has 1 aromatic rings. The summed E-state index contributed by atoms with van der Waals surface area (Å²) in [4.78, 5) is 25.6. The Morgan fingerprint density at radius 1 is 1.09 bits per heavy atom. The molecule has 32 heavy (non-hydrogen) atoms. The lowest BCUT2D eigenvalue weighted by molar-refractivity contribution is -0.142. The zero-order valence-corrected chi connectivity index (χ0v) is 19.8. The van der Waals surface area contributed by atoms with Gasteiger partial charge in [-0.25, -0.2) is 0 Å². The van der Waals surface area contributed by atoms with Gasteiger partial charge >= 0.3 is 0 Å². The van der Waals surface area contributed by atoms with Crippen molar-refractivity contribution in [3.63, 3.8) is 0 Å². The van der Waals surface area contributed by atoms with Gasteiger partial charge in [-0.05, 0) is 86.0 Å². The Bertz CT molecular complexity index is 837. The number of amides is 2. The molecule has 0 radical (unpaired) electrons. The van der Waals surface area contributed by atoms with E-state index in [-0.39, 0.29) is 46.9 Å². The summed E-state index contributed by atoms with van der Waals surface area (Å²) < 4.78 is 5.18. The van der Waals surface area contributed by atoms with Crippen LogP contribution in [0.4, 0.5) is 0 Å². The van der Waals surface area contributed by atoms with E-state index in [9.17, 15) is 14.7 Å². The van der Waals surface area contributed by atoms with Crippen LogP contribution in [0.3, 0.4) is 0 Å². The third kappa shape index (κ3) is 4.52. The summed E-state index contributed by atoms with van der Waals surface area (Å²) in [6.45, 7) is 6.40. The van der Waals surface area contributed by atoms with Gasteiger partial charge in [0.1, 0.15) is 5.75 Å². The molecule has 0 heterocycles. The van der Waals surface area contributed by atoms with Crippen LogP contribution >= 0.6 is 0 Å². The van der Waals surface area contributed by atoms with E-state index in [1.54, 1.807) is 31.4 Å². The number of ether oxygens (including phenoxy) is 1. The predicted octanol–water partition coefficient (Wildman–Crippen LogP) is 3.53. The van der Waals surface area contributed by atoms with E-state index in [4.69, 9.17) is 4.74 Å². The number of carbonyl (C=O) groups is 2. The summed E-state index contributed by atoms with van der Waals surface area (Å²) >= 11 is 0. The van der Waals surface area contributed by atoms with Gasteiger partial charge in [-0.1, -0.05) is 20.8 Å². The van der Waals surface area contributed by atoms with Gasteiger partial charge in [0, 0.05) is 23.6 Å². The summed E-state index contributed by atoms with van der Waals surface area (Å²) in [6.07, 6.45) is 5.38. The van der Waals surface area contributed by atoms with Crippen LogP contribution in [0, 0.1) is 29.1 Å². The summed E-state index contributed by atoms with van der Waals surface area (Å²) in [5.74, 6) is 0.668. The van der Waals surface area contributed by atoms with E-state index < -0.39 is 6.10 Å². The van der Waals surface area contributed by atoms with Crippen molar-refractivity contribution in [3.8, 4) is 5.75 Å². The highest BCUT2D eigenvalue weighted by Crippen LogP contribution is 2.55. The Morgan fingerprint density at radius 3 is 2.38 bits per heavy atom. The zero-order valence-electron chi connectivity index (χ0n) is 19.8. The number of rotatable bonds is 6. The molecule has 7 atom stereocenters. The van der Waals surface area contributed by atoms with Crippen molar-refractivity contribution in [3.05, 3.63) is 29.8 Å². The highest BCUT2D eigenvalue weighted by atomic mass is 16.5. The molecule has 3 aliphatic carbocycles. The van der Waals surface area contributed by atoms with Gasteiger partial charge < -0.3 is 20.5 Å².